The van der Waals surface area contributed by atoms with Crippen LogP contribution in [0.5, 0.6) is 0 Å². The molecule has 0 spiro atoms. The van der Waals surface area contributed by atoms with E-state index in [0.29, 0.717) is 22.4 Å². The van der Waals surface area contributed by atoms with Crippen LogP contribution in [0.15, 0.2) is 72.8 Å². The zero-order valence-corrected chi connectivity index (χ0v) is 21.2. The standard InChI is InChI=1S/C29H28O6S/c1-18-4-10-21(11-5-18)27(30)33-16-25-26(35-29(32)23-14-8-20(3)9-15-23)24(17-36-25)34-28(31)22-12-6-19(2)7-13-22/h4-15,24-26H,16-17H2,1-3H3/t24-,25+,26-/m1/s1. The molecule has 1 fully saturated rings. The second kappa shape index (κ2) is 11.4. The van der Waals surface area contributed by atoms with Gasteiger partial charge in [0.1, 0.15) is 12.7 Å². The van der Waals surface area contributed by atoms with Crippen LogP contribution in [0.3, 0.4) is 0 Å². The fourth-order valence-electron chi connectivity index (χ4n) is 3.75. The molecule has 3 atom stereocenters. The zero-order valence-electron chi connectivity index (χ0n) is 20.4. The molecule has 0 radical (unpaired) electrons. The Hall–Kier alpha value is -3.58. The van der Waals surface area contributed by atoms with E-state index in [-0.39, 0.29) is 11.9 Å². The Bertz CT molecular complexity index is 1220. The molecule has 0 amide bonds. The van der Waals surface area contributed by atoms with Crippen molar-refractivity contribution in [3.8, 4) is 0 Å². The van der Waals surface area contributed by atoms with E-state index in [4.69, 9.17) is 14.2 Å². The van der Waals surface area contributed by atoms with Crippen LogP contribution in [0, 0.1) is 20.8 Å². The van der Waals surface area contributed by atoms with E-state index in [0.717, 1.165) is 16.7 Å². The highest BCUT2D eigenvalue weighted by Gasteiger charge is 2.43. The SMILES string of the molecule is Cc1ccc(C(=O)OC[C@@H]2SC[C@@H](OC(=O)c3ccc(C)cc3)[C@H]2OC(=O)c2ccc(C)cc2)cc1. The molecule has 4 rings (SSSR count). The molecule has 1 aliphatic rings. The molecule has 0 aliphatic carbocycles. The van der Waals surface area contributed by atoms with E-state index >= 15 is 0 Å². The third-order valence-corrected chi connectivity index (χ3v) is 7.30. The van der Waals surface area contributed by atoms with Crippen molar-refractivity contribution in [2.75, 3.05) is 12.4 Å². The van der Waals surface area contributed by atoms with Gasteiger partial charge in [-0.05, 0) is 57.2 Å². The average Bonchev–Trinajstić information content (AvgIpc) is 3.24. The number of hydrogen-bond acceptors (Lipinski definition) is 7. The smallest absolute Gasteiger partial charge is 0.338 e. The van der Waals surface area contributed by atoms with Gasteiger partial charge in [0.2, 0.25) is 0 Å². The lowest BCUT2D eigenvalue weighted by molar-refractivity contribution is -0.0295. The lowest BCUT2D eigenvalue weighted by Crippen LogP contribution is -2.39. The molecule has 0 aromatic heterocycles. The summed E-state index contributed by atoms with van der Waals surface area (Å²) in [6, 6.07) is 21.2. The van der Waals surface area contributed by atoms with Crippen molar-refractivity contribution in [2.24, 2.45) is 0 Å². The molecule has 1 saturated heterocycles. The molecule has 1 heterocycles. The Labute approximate surface area is 215 Å². The molecule has 0 N–H and O–H groups in total. The molecule has 3 aromatic carbocycles. The van der Waals surface area contributed by atoms with Gasteiger partial charge in [0.05, 0.1) is 21.9 Å². The molecule has 36 heavy (non-hydrogen) atoms. The van der Waals surface area contributed by atoms with Crippen LogP contribution in [0.4, 0.5) is 0 Å². The van der Waals surface area contributed by atoms with Gasteiger partial charge in [0.15, 0.2) is 6.10 Å². The number of rotatable bonds is 7. The summed E-state index contributed by atoms with van der Waals surface area (Å²) < 4.78 is 17.2. The van der Waals surface area contributed by atoms with Crippen LogP contribution in [-0.4, -0.2) is 47.7 Å². The van der Waals surface area contributed by atoms with E-state index in [1.54, 1.807) is 36.4 Å². The molecular formula is C29H28O6S. The minimum Gasteiger partial charge on any atom is -0.461 e. The lowest BCUT2D eigenvalue weighted by atomic mass is 10.1. The summed E-state index contributed by atoms with van der Waals surface area (Å²) in [5.41, 5.74) is 4.36. The molecule has 1 aliphatic heterocycles. The maximum atomic E-state index is 12.9. The third-order valence-electron chi connectivity index (χ3n) is 5.95. The van der Waals surface area contributed by atoms with Crippen LogP contribution >= 0.6 is 11.8 Å². The number of ether oxygens (including phenoxy) is 3. The summed E-state index contributed by atoms with van der Waals surface area (Å²) in [7, 11) is 0. The van der Waals surface area contributed by atoms with Crippen LogP contribution < -0.4 is 0 Å². The van der Waals surface area contributed by atoms with Crippen molar-refractivity contribution in [2.45, 2.75) is 38.2 Å². The zero-order chi connectivity index (χ0) is 25.7. The molecule has 6 nitrogen and oxygen atoms in total. The van der Waals surface area contributed by atoms with Crippen molar-refractivity contribution in [3.63, 3.8) is 0 Å². The maximum Gasteiger partial charge on any atom is 0.338 e. The molecule has 3 aromatic rings. The van der Waals surface area contributed by atoms with E-state index < -0.39 is 30.1 Å². The Balaban J connectivity index is 1.47. The van der Waals surface area contributed by atoms with E-state index in [1.807, 2.05) is 57.2 Å². The predicted octanol–water partition coefficient (Wildman–Crippen LogP) is 5.34. The molecular weight excluding hydrogens is 476 g/mol. The Morgan fingerprint density at radius 1 is 0.667 bits per heavy atom. The first-order valence-corrected chi connectivity index (χ1v) is 12.8. The fourth-order valence-corrected chi connectivity index (χ4v) is 5.03. The fraction of sp³-hybridized carbons (Fsp3) is 0.276. The second-order valence-electron chi connectivity index (χ2n) is 8.88. The molecule has 0 unspecified atom stereocenters. The topological polar surface area (TPSA) is 78.9 Å². The maximum absolute atomic E-state index is 12.9. The molecule has 7 heteroatoms. The highest BCUT2D eigenvalue weighted by Crippen LogP contribution is 2.33. The predicted molar refractivity (Wildman–Crippen MR) is 138 cm³/mol. The molecule has 0 bridgehead atoms. The van der Waals surface area contributed by atoms with Gasteiger partial charge in [-0.1, -0.05) is 53.1 Å². The van der Waals surface area contributed by atoms with Gasteiger partial charge in [-0.15, -0.1) is 11.8 Å². The number of thioether (sulfide) groups is 1. The van der Waals surface area contributed by atoms with Crippen LogP contribution in [0.25, 0.3) is 0 Å². The van der Waals surface area contributed by atoms with Crippen molar-refractivity contribution < 1.29 is 28.6 Å². The van der Waals surface area contributed by atoms with Crippen LogP contribution in [0.1, 0.15) is 47.8 Å². The summed E-state index contributed by atoms with van der Waals surface area (Å²) in [4.78, 5) is 38.2. The number of carbonyl (C=O) groups excluding carboxylic acids is 3. The van der Waals surface area contributed by atoms with Gasteiger partial charge in [0, 0.05) is 5.75 Å². The van der Waals surface area contributed by atoms with Crippen molar-refractivity contribution in [3.05, 3.63) is 106 Å². The number of aryl methyl sites for hydroxylation is 3. The molecule has 186 valence electrons. The average molecular weight is 505 g/mol. The minimum atomic E-state index is -0.774. The molecule has 0 saturated carbocycles. The quantitative estimate of drug-likeness (QED) is 0.318. The van der Waals surface area contributed by atoms with E-state index in [1.165, 1.54) is 11.8 Å². The van der Waals surface area contributed by atoms with Crippen molar-refractivity contribution in [1.29, 1.82) is 0 Å². The van der Waals surface area contributed by atoms with Gasteiger partial charge >= 0.3 is 17.9 Å². The van der Waals surface area contributed by atoms with Crippen molar-refractivity contribution in [1.82, 2.24) is 0 Å². The normalized spacial score (nSPS) is 18.9. The first kappa shape index (κ1) is 25.5. The second-order valence-corrected chi connectivity index (χ2v) is 10.2. The third kappa shape index (κ3) is 6.34. The highest BCUT2D eigenvalue weighted by atomic mass is 32.2. The summed E-state index contributed by atoms with van der Waals surface area (Å²) in [6.45, 7) is 5.82. The highest BCUT2D eigenvalue weighted by molar-refractivity contribution is 8.00. The minimum absolute atomic E-state index is 0.0157. The van der Waals surface area contributed by atoms with Crippen molar-refractivity contribution >= 4 is 29.7 Å². The number of esters is 3. The Kier molecular flexibility index (Phi) is 8.10. The van der Waals surface area contributed by atoms with Gasteiger partial charge in [-0.3, -0.25) is 0 Å². The van der Waals surface area contributed by atoms with Gasteiger partial charge in [-0.25, -0.2) is 14.4 Å². The monoisotopic (exact) mass is 504 g/mol. The van der Waals surface area contributed by atoms with E-state index in [9.17, 15) is 14.4 Å². The largest absolute Gasteiger partial charge is 0.461 e. The van der Waals surface area contributed by atoms with E-state index in [2.05, 4.69) is 0 Å². The number of carbonyl (C=O) groups is 3. The summed E-state index contributed by atoms with van der Waals surface area (Å²) in [6.07, 6.45) is -1.45. The summed E-state index contributed by atoms with van der Waals surface area (Å²) >= 11 is 1.45. The van der Waals surface area contributed by atoms with Gasteiger partial charge < -0.3 is 14.2 Å². The van der Waals surface area contributed by atoms with Crippen LogP contribution in [0.2, 0.25) is 0 Å². The first-order chi connectivity index (χ1) is 17.3. The Morgan fingerprint density at radius 2 is 1.08 bits per heavy atom. The van der Waals surface area contributed by atoms with Gasteiger partial charge in [-0.2, -0.15) is 0 Å². The first-order valence-electron chi connectivity index (χ1n) is 11.7. The lowest BCUT2D eigenvalue weighted by Gasteiger charge is -2.24. The number of hydrogen-bond donors (Lipinski definition) is 0. The number of benzene rings is 3. The summed E-state index contributed by atoms with van der Waals surface area (Å²) in [5, 5.41) is -0.385. The summed E-state index contributed by atoms with van der Waals surface area (Å²) in [5.74, 6) is -1.06. The van der Waals surface area contributed by atoms with Gasteiger partial charge in [0.25, 0.3) is 0 Å². The Morgan fingerprint density at radius 3 is 1.56 bits per heavy atom. The van der Waals surface area contributed by atoms with Crippen LogP contribution in [-0.2, 0) is 14.2 Å².